The minimum absolute atomic E-state index is 0.356. The number of hydrogen-bond acceptors (Lipinski definition) is 5. The van der Waals surface area contributed by atoms with Gasteiger partial charge in [0.2, 0.25) is 0 Å². The normalized spacial score (nSPS) is 15.6. The zero-order valence-corrected chi connectivity index (χ0v) is 18.5. The molecular weight excluding hydrogens is 384 g/mol. The second kappa shape index (κ2) is 10.6. The molecule has 0 atom stereocenters. The zero-order chi connectivity index (χ0) is 20.5. The molecule has 6 nitrogen and oxygen atoms in total. The van der Waals surface area contributed by atoms with Crippen LogP contribution in [0.3, 0.4) is 0 Å². The monoisotopic (exact) mass is 416 g/mol. The molecule has 29 heavy (non-hydrogen) atoms. The molecular formula is C22H32N4O2S. The van der Waals surface area contributed by atoms with Crippen molar-refractivity contribution in [1.29, 1.82) is 0 Å². The Morgan fingerprint density at radius 3 is 2.62 bits per heavy atom. The maximum Gasteiger partial charge on any atom is 0.191 e. The number of rotatable bonds is 10. The van der Waals surface area contributed by atoms with Crippen molar-refractivity contribution >= 4 is 17.3 Å². The summed E-state index contributed by atoms with van der Waals surface area (Å²) in [5.74, 6) is 1.71. The van der Waals surface area contributed by atoms with Gasteiger partial charge in [0.15, 0.2) is 5.96 Å². The van der Waals surface area contributed by atoms with Crippen LogP contribution in [0.1, 0.15) is 38.3 Å². The minimum atomic E-state index is 0.356. The van der Waals surface area contributed by atoms with Gasteiger partial charge in [-0.3, -0.25) is 0 Å². The van der Waals surface area contributed by atoms with Crippen molar-refractivity contribution in [2.45, 2.75) is 39.2 Å². The molecule has 0 radical (unpaired) electrons. The van der Waals surface area contributed by atoms with Crippen LogP contribution in [-0.4, -0.2) is 44.9 Å². The number of nitrogens with one attached hydrogen (secondary N) is 2. The zero-order valence-electron chi connectivity index (χ0n) is 17.7. The van der Waals surface area contributed by atoms with E-state index in [4.69, 9.17) is 19.5 Å². The smallest absolute Gasteiger partial charge is 0.191 e. The summed E-state index contributed by atoms with van der Waals surface area (Å²) in [6.45, 7) is 5.25. The van der Waals surface area contributed by atoms with Gasteiger partial charge in [0.05, 0.1) is 19.3 Å². The van der Waals surface area contributed by atoms with E-state index < -0.39 is 0 Å². The summed E-state index contributed by atoms with van der Waals surface area (Å²) < 4.78 is 10.5. The first-order valence-electron chi connectivity index (χ1n) is 10.3. The lowest BCUT2D eigenvalue weighted by Crippen LogP contribution is -2.46. The molecule has 1 fully saturated rings. The molecule has 1 aliphatic rings. The average Bonchev–Trinajstić information content (AvgIpc) is 3.20. The standard InChI is InChI=1S/C22H32N4O2S/c1-4-23-21(25-16-22(10-5-11-22)12-13-27-2)24-14-18-15-29-20(26-18)17-6-8-19(28-3)9-7-17/h6-9,15H,4-5,10-14,16H2,1-3H3,(H2,23,24,25). The van der Waals surface area contributed by atoms with Gasteiger partial charge in [-0.1, -0.05) is 6.42 Å². The van der Waals surface area contributed by atoms with E-state index in [1.165, 1.54) is 19.3 Å². The van der Waals surface area contributed by atoms with E-state index in [2.05, 4.69) is 22.9 Å². The molecule has 0 bridgehead atoms. The molecule has 2 aromatic rings. The number of ether oxygens (including phenoxy) is 2. The van der Waals surface area contributed by atoms with Crippen molar-refractivity contribution in [1.82, 2.24) is 15.6 Å². The largest absolute Gasteiger partial charge is 0.497 e. The molecule has 0 unspecified atom stereocenters. The van der Waals surface area contributed by atoms with Crippen LogP contribution in [0.25, 0.3) is 10.6 Å². The SMILES string of the molecule is CCNC(=NCc1csc(-c2ccc(OC)cc2)n1)NCC1(CCOC)CCC1. The fraction of sp³-hybridized carbons (Fsp3) is 0.545. The third-order valence-electron chi connectivity index (χ3n) is 5.51. The highest BCUT2D eigenvalue weighted by Crippen LogP contribution is 2.43. The van der Waals surface area contributed by atoms with Gasteiger partial charge < -0.3 is 20.1 Å². The van der Waals surface area contributed by atoms with E-state index >= 15 is 0 Å². The number of thiazole rings is 1. The van der Waals surface area contributed by atoms with Crippen LogP contribution in [0.15, 0.2) is 34.6 Å². The second-order valence-electron chi connectivity index (χ2n) is 7.52. The number of nitrogens with zero attached hydrogens (tertiary/aromatic N) is 2. The van der Waals surface area contributed by atoms with Gasteiger partial charge in [-0.2, -0.15) is 0 Å². The van der Waals surface area contributed by atoms with E-state index in [1.807, 2.05) is 24.3 Å². The highest BCUT2D eigenvalue weighted by molar-refractivity contribution is 7.13. The molecule has 7 heteroatoms. The Morgan fingerprint density at radius 1 is 1.21 bits per heavy atom. The molecule has 1 aliphatic carbocycles. The fourth-order valence-electron chi connectivity index (χ4n) is 3.53. The predicted molar refractivity (Wildman–Crippen MR) is 120 cm³/mol. The topological polar surface area (TPSA) is 67.8 Å². The first kappa shape index (κ1) is 21.6. The number of benzene rings is 1. The maximum atomic E-state index is 5.30. The Bertz CT molecular complexity index is 784. The Kier molecular flexibility index (Phi) is 7.89. The van der Waals surface area contributed by atoms with E-state index in [0.717, 1.165) is 54.1 Å². The highest BCUT2D eigenvalue weighted by Gasteiger charge is 2.36. The van der Waals surface area contributed by atoms with Crippen LogP contribution in [0.4, 0.5) is 0 Å². The number of aromatic nitrogens is 1. The molecule has 1 aromatic carbocycles. The number of hydrogen-bond donors (Lipinski definition) is 2. The van der Waals surface area contributed by atoms with Gasteiger partial charge in [0.1, 0.15) is 10.8 Å². The van der Waals surface area contributed by atoms with Crippen molar-refractivity contribution in [3.8, 4) is 16.3 Å². The third kappa shape index (κ3) is 5.93. The molecule has 1 saturated carbocycles. The number of aliphatic imine (C=N–C) groups is 1. The van der Waals surface area contributed by atoms with Crippen LogP contribution >= 0.6 is 11.3 Å². The Balaban J connectivity index is 1.59. The number of guanidine groups is 1. The van der Waals surface area contributed by atoms with Gasteiger partial charge in [0.25, 0.3) is 0 Å². The van der Waals surface area contributed by atoms with Crippen molar-refractivity contribution in [2.24, 2.45) is 10.4 Å². The summed E-state index contributed by atoms with van der Waals surface area (Å²) in [4.78, 5) is 9.49. The molecule has 1 aromatic heterocycles. The Labute approximate surface area is 177 Å². The molecule has 1 heterocycles. The molecule has 0 saturated heterocycles. The van der Waals surface area contributed by atoms with Gasteiger partial charge >= 0.3 is 0 Å². The first-order valence-corrected chi connectivity index (χ1v) is 11.2. The molecule has 0 spiro atoms. The highest BCUT2D eigenvalue weighted by atomic mass is 32.1. The van der Waals surface area contributed by atoms with Crippen LogP contribution in [-0.2, 0) is 11.3 Å². The lowest BCUT2D eigenvalue weighted by molar-refractivity contribution is 0.0732. The van der Waals surface area contributed by atoms with E-state index in [-0.39, 0.29) is 0 Å². The van der Waals surface area contributed by atoms with Crippen LogP contribution in [0.2, 0.25) is 0 Å². The predicted octanol–water partition coefficient (Wildman–Crippen LogP) is 4.08. The first-order chi connectivity index (χ1) is 14.2. The Hall–Kier alpha value is -2.12. The average molecular weight is 417 g/mol. The minimum Gasteiger partial charge on any atom is -0.497 e. The van der Waals surface area contributed by atoms with Crippen molar-refractivity contribution in [3.63, 3.8) is 0 Å². The van der Waals surface area contributed by atoms with Gasteiger partial charge in [0, 0.05) is 37.7 Å². The second-order valence-corrected chi connectivity index (χ2v) is 8.38. The molecule has 0 aliphatic heterocycles. The summed E-state index contributed by atoms with van der Waals surface area (Å²) >= 11 is 1.64. The van der Waals surface area contributed by atoms with Crippen LogP contribution in [0, 0.1) is 5.41 Å². The summed E-state index contributed by atoms with van der Waals surface area (Å²) in [6.07, 6.45) is 4.94. The van der Waals surface area contributed by atoms with Gasteiger partial charge in [-0.15, -0.1) is 11.3 Å². The van der Waals surface area contributed by atoms with E-state index in [1.54, 1.807) is 25.6 Å². The number of methoxy groups -OCH3 is 2. The quantitative estimate of drug-likeness (QED) is 0.451. The summed E-state index contributed by atoms with van der Waals surface area (Å²) in [7, 11) is 3.45. The fourth-order valence-corrected chi connectivity index (χ4v) is 4.35. The maximum absolute atomic E-state index is 5.30. The molecule has 158 valence electrons. The summed E-state index contributed by atoms with van der Waals surface area (Å²) in [6, 6.07) is 7.99. The van der Waals surface area contributed by atoms with Crippen molar-refractivity contribution < 1.29 is 9.47 Å². The summed E-state index contributed by atoms with van der Waals surface area (Å²) in [5.41, 5.74) is 2.44. The molecule has 2 N–H and O–H groups in total. The van der Waals surface area contributed by atoms with Gasteiger partial charge in [-0.25, -0.2) is 9.98 Å². The van der Waals surface area contributed by atoms with Crippen LogP contribution < -0.4 is 15.4 Å². The molecule has 3 rings (SSSR count). The van der Waals surface area contributed by atoms with Gasteiger partial charge in [-0.05, 0) is 55.9 Å². The van der Waals surface area contributed by atoms with Crippen molar-refractivity contribution in [3.05, 3.63) is 35.3 Å². The van der Waals surface area contributed by atoms with E-state index in [0.29, 0.717) is 12.0 Å². The lowest BCUT2D eigenvalue weighted by Gasteiger charge is -2.42. The molecule has 0 amide bonds. The lowest BCUT2D eigenvalue weighted by atomic mass is 9.67. The van der Waals surface area contributed by atoms with E-state index in [9.17, 15) is 0 Å². The third-order valence-corrected chi connectivity index (χ3v) is 6.45. The Morgan fingerprint density at radius 2 is 2.00 bits per heavy atom. The van der Waals surface area contributed by atoms with Crippen LogP contribution in [0.5, 0.6) is 5.75 Å². The summed E-state index contributed by atoms with van der Waals surface area (Å²) in [5, 5.41) is 9.97. The van der Waals surface area contributed by atoms with Crippen molar-refractivity contribution in [2.75, 3.05) is 33.9 Å².